The lowest BCUT2D eigenvalue weighted by molar-refractivity contribution is 0.602. The first kappa shape index (κ1) is 18.4. The van der Waals surface area contributed by atoms with Crippen LogP contribution in [0.15, 0.2) is 102 Å². The van der Waals surface area contributed by atoms with Crippen molar-refractivity contribution in [3.05, 3.63) is 97.1 Å². The summed E-state index contributed by atoms with van der Waals surface area (Å²) < 4.78 is 32.2. The summed E-state index contributed by atoms with van der Waals surface area (Å²) in [7, 11) is -3.78. The van der Waals surface area contributed by atoms with Crippen LogP contribution in [-0.2, 0) is 10.0 Å². The lowest BCUT2D eigenvalue weighted by Gasteiger charge is -2.13. The summed E-state index contributed by atoms with van der Waals surface area (Å²) in [4.78, 5) is 0.282. The molecule has 150 valence electrons. The average molecular weight is 440 g/mol. The monoisotopic (exact) mass is 439 g/mol. The van der Waals surface area contributed by atoms with Crippen molar-refractivity contribution >= 4 is 68.8 Å². The molecule has 3 nitrogen and oxygen atoms in total. The maximum atomic E-state index is 13.5. The van der Waals surface area contributed by atoms with E-state index in [-0.39, 0.29) is 4.90 Å². The summed E-state index contributed by atoms with van der Waals surface area (Å²) >= 11 is 1.74. The molecule has 0 aliphatic heterocycles. The molecule has 0 bridgehead atoms. The molecule has 0 aliphatic rings. The molecule has 0 unspecified atom stereocenters. The molecule has 6 aromatic rings. The van der Waals surface area contributed by atoms with Crippen molar-refractivity contribution in [3.8, 4) is 0 Å². The van der Waals surface area contributed by atoms with E-state index < -0.39 is 10.0 Å². The van der Waals surface area contributed by atoms with Crippen molar-refractivity contribution in [2.45, 2.75) is 4.90 Å². The smallest absolute Gasteiger partial charge is 0.262 e. The van der Waals surface area contributed by atoms with Gasteiger partial charge in [0.25, 0.3) is 10.0 Å². The molecule has 0 aliphatic carbocycles. The maximum absolute atomic E-state index is 13.5. The summed E-state index contributed by atoms with van der Waals surface area (Å²) in [6.07, 6.45) is 0. The van der Waals surface area contributed by atoms with Crippen LogP contribution in [0.3, 0.4) is 0 Å². The SMILES string of the molecule is O=S(=O)(Nc1cc2c3ccccc3sc2c2ccccc12)c1cccc2ccccc12. The van der Waals surface area contributed by atoms with Crippen LogP contribution in [0.1, 0.15) is 0 Å². The summed E-state index contributed by atoms with van der Waals surface area (Å²) in [5.41, 5.74) is 0.597. The molecule has 6 rings (SSSR count). The second-order valence-corrected chi connectivity index (χ2v) is 10.2. The van der Waals surface area contributed by atoms with Gasteiger partial charge in [-0.05, 0) is 23.6 Å². The van der Waals surface area contributed by atoms with Crippen LogP contribution in [0.2, 0.25) is 0 Å². The predicted octanol–water partition coefficient (Wildman–Crippen LogP) is 7.16. The molecule has 5 aromatic carbocycles. The van der Waals surface area contributed by atoms with E-state index in [0.29, 0.717) is 11.1 Å². The summed E-state index contributed by atoms with van der Waals surface area (Å²) in [5.74, 6) is 0. The molecular weight excluding hydrogens is 422 g/mol. The number of thiophene rings is 1. The molecule has 31 heavy (non-hydrogen) atoms. The Morgan fingerprint density at radius 2 is 1.26 bits per heavy atom. The second kappa shape index (κ2) is 6.80. The zero-order chi connectivity index (χ0) is 21.0. The molecule has 1 N–H and O–H groups in total. The first-order valence-corrected chi connectivity index (χ1v) is 12.3. The van der Waals surface area contributed by atoms with Gasteiger partial charge >= 0.3 is 0 Å². The van der Waals surface area contributed by atoms with E-state index in [1.54, 1.807) is 23.5 Å². The van der Waals surface area contributed by atoms with Crippen molar-refractivity contribution in [1.29, 1.82) is 0 Å². The van der Waals surface area contributed by atoms with Gasteiger partial charge in [-0.25, -0.2) is 8.42 Å². The molecule has 0 radical (unpaired) electrons. The molecule has 0 spiro atoms. The van der Waals surface area contributed by atoms with Gasteiger partial charge in [0.1, 0.15) is 0 Å². The summed E-state index contributed by atoms with van der Waals surface area (Å²) in [6, 6.07) is 31.1. The Bertz CT molecular complexity index is 1730. The van der Waals surface area contributed by atoms with Crippen molar-refractivity contribution < 1.29 is 8.42 Å². The average Bonchev–Trinajstić information content (AvgIpc) is 3.17. The van der Waals surface area contributed by atoms with Gasteiger partial charge in [-0.3, -0.25) is 4.72 Å². The van der Waals surface area contributed by atoms with E-state index in [1.807, 2.05) is 66.7 Å². The van der Waals surface area contributed by atoms with E-state index in [1.165, 1.54) is 9.40 Å². The van der Waals surface area contributed by atoms with Crippen LogP contribution >= 0.6 is 11.3 Å². The number of nitrogens with one attached hydrogen (secondary N) is 1. The molecule has 5 heteroatoms. The highest BCUT2D eigenvalue weighted by Gasteiger charge is 2.20. The largest absolute Gasteiger partial charge is 0.279 e. The Kier molecular flexibility index (Phi) is 4.03. The first-order valence-electron chi connectivity index (χ1n) is 9.95. The highest BCUT2D eigenvalue weighted by Crippen LogP contribution is 2.42. The molecule has 0 saturated carbocycles. The summed E-state index contributed by atoms with van der Waals surface area (Å²) in [6.45, 7) is 0. The van der Waals surface area contributed by atoms with Crippen molar-refractivity contribution in [3.63, 3.8) is 0 Å². The first-order chi connectivity index (χ1) is 15.1. The minimum absolute atomic E-state index is 0.282. The number of anilines is 1. The lowest BCUT2D eigenvalue weighted by Crippen LogP contribution is -2.13. The van der Waals surface area contributed by atoms with Crippen LogP contribution in [0, 0.1) is 0 Å². The number of fused-ring (bicyclic) bond motifs is 6. The fourth-order valence-electron chi connectivity index (χ4n) is 4.26. The topological polar surface area (TPSA) is 46.2 Å². The highest BCUT2D eigenvalue weighted by atomic mass is 32.2. The Morgan fingerprint density at radius 3 is 2.10 bits per heavy atom. The quantitative estimate of drug-likeness (QED) is 0.318. The maximum Gasteiger partial charge on any atom is 0.262 e. The van der Waals surface area contributed by atoms with Gasteiger partial charge in [0.2, 0.25) is 0 Å². The minimum atomic E-state index is -3.78. The standard InChI is InChI=1S/C26H17NO2S2/c28-31(29,25-15-7-9-17-8-1-2-10-18(17)25)27-23-16-22-20-12-5-6-14-24(20)30-26(22)21-13-4-3-11-19(21)23/h1-16,27H. The van der Waals surface area contributed by atoms with Crippen molar-refractivity contribution in [1.82, 2.24) is 0 Å². The van der Waals surface area contributed by atoms with Crippen LogP contribution in [-0.4, -0.2) is 8.42 Å². The molecule has 0 atom stereocenters. The van der Waals surface area contributed by atoms with Gasteiger partial charge in [-0.1, -0.05) is 78.9 Å². The van der Waals surface area contributed by atoms with E-state index in [9.17, 15) is 8.42 Å². The van der Waals surface area contributed by atoms with Crippen LogP contribution in [0.4, 0.5) is 5.69 Å². The number of rotatable bonds is 3. The zero-order valence-corrected chi connectivity index (χ0v) is 18.0. The Labute approximate surface area is 183 Å². The molecule has 0 amide bonds. The zero-order valence-electron chi connectivity index (χ0n) is 16.4. The minimum Gasteiger partial charge on any atom is -0.279 e. The Morgan fingerprint density at radius 1 is 0.613 bits per heavy atom. The lowest BCUT2D eigenvalue weighted by atomic mass is 10.0. The van der Waals surface area contributed by atoms with Crippen LogP contribution < -0.4 is 4.72 Å². The van der Waals surface area contributed by atoms with Crippen LogP contribution in [0.5, 0.6) is 0 Å². The third kappa shape index (κ3) is 2.89. The fourth-order valence-corrected chi connectivity index (χ4v) is 6.78. The Balaban J connectivity index is 1.61. The third-order valence-electron chi connectivity index (χ3n) is 5.67. The van der Waals surface area contributed by atoms with E-state index in [0.717, 1.165) is 26.9 Å². The third-order valence-corrected chi connectivity index (χ3v) is 8.31. The van der Waals surface area contributed by atoms with Crippen molar-refractivity contribution in [2.24, 2.45) is 0 Å². The van der Waals surface area contributed by atoms with Gasteiger partial charge in [0, 0.05) is 36.3 Å². The Hall–Kier alpha value is -3.41. The highest BCUT2D eigenvalue weighted by molar-refractivity contribution is 7.93. The van der Waals surface area contributed by atoms with E-state index >= 15 is 0 Å². The number of hydrogen-bond donors (Lipinski definition) is 1. The molecule has 1 heterocycles. The summed E-state index contributed by atoms with van der Waals surface area (Å²) in [5, 5.41) is 5.76. The van der Waals surface area contributed by atoms with Crippen molar-refractivity contribution in [2.75, 3.05) is 4.72 Å². The second-order valence-electron chi connectivity index (χ2n) is 7.53. The number of sulfonamides is 1. The molecule has 1 aromatic heterocycles. The van der Waals surface area contributed by atoms with Gasteiger partial charge in [0.15, 0.2) is 0 Å². The molecular formula is C26H17NO2S2. The van der Waals surface area contributed by atoms with Gasteiger partial charge < -0.3 is 0 Å². The fraction of sp³-hybridized carbons (Fsp3) is 0. The normalized spacial score (nSPS) is 12.1. The van der Waals surface area contributed by atoms with E-state index in [2.05, 4.69) is 22.9 Å². The molecule has 0 saturated heterocycles. The van der Waals surface area contributed by atoms with Gasteiger partial charge in [-0.15, -0.1) is 11.3 Å². The van der Waals surface area contributed by atoms with E-state index in [4.69, 9.17) is 0 Å². The number of hydrogen-bond acceptors (Lipinski definition) is 3. The van der Waals surface area contributed by atoms with Crippen LogP contribution in [0.25, 0.3) is 41.7 Å². The predicted molar refractivity (Wildman–Crippen MR) is 132 cm³/mol. The van der Waals surface area contributed by atoms with Gasteiger partial charge in [0.05, 0.1) is 10.6 Å². The number of benzene rings is 5. The molecule has 0 fully saturated rings. The van der Waals surface area contributed by atoms with Gasteiger partial charge in [-0.2, -0.15) is 0 Å².